The molecule has 1 aromatic rings. The molecule has 0 saturated carbocycles. The average molecular weight is 499 g/mol. The summed E-state index contributed by atoms with van der Waals surface area (Å²) in [6, 6.07) is 10.1. The predicted octanol–water partition coefficient (Wildman–Crippen LogP) is 5.16. The van der Waals surface area contributed by atoms with Gasteiger partial charge in [0, 0.05) is 13.0 Å². The Hall–Kier alpha value is -1.18. The lowest BCUT2D eigenvalue weighted by atomic mass is 9.94. The number of aliphatic hydroxyl groups excluding tert-OH is 1. The number of carbonyl (C=O) groups excluding carboxylic acids is 1. The molecule has 0 saturated heterocycles. The van der Waals surface area contributed by atoms with Gasteiger partial charge in [-0.05, 0) is 35.3 Å². The van der Waals surface area contributed by atoms with Crippen molar-refractivity contribution in [2.24, 2.45) is 5.92 Å². The Bertz CT molecular complexity index is 601. The number of carbonyl (C=O) groups is 1. The summed E-state index contributed by atoms with van der Waals surface area (Å²) >= 11 is 2.21. The van der Waals surface area contributed by atoms with E-state index >= 15 is 0 Å². The molecule has 5 heteroatoms. The Morgan fingerprint density at radius 2 is 1.93 bits per heavy atom. The summed E-state index contributed by atoms with van der Waals surface area (Å²) in [7, 11) is 0. The number of amides is 1. The molecular formula is C23H34INO3. The number of halogens is 1. The van der Waals surface area contributed by atoms with Crippen LogP contribution in [0.4, 0.5) is 0 Å². The molecule has 0 aliphatic heterocycles. The normalized spacial score (nSPS) is 14.2. The molecule has 0 bridgehead atoms. The van der Waals surface area contributed by atoms with E-state index < -0.39 is 0 Å². The zero-order chi connectivity index (χ0) is 20.6. The fraction of sp³-hybridized carbons (Fsp3) is 0.522. The van der Waals surface area contributed by atoms with E-state index in [-0.39, 0.29) is 24.5 Å². The quantitative estimate of drug-likeness (QED) is 0.211. The van der Waals surface area contributed by atoms with Crippen LogP contribution in [0.25, 0.3) is 0 Å². The highest BCUT2D eigenvalue weighted by molar-refractivity contribution is 14.1. The van der Waals surface area contributed by atoms with Gasteiger partial charge in [0.1, 0.15) is 0 Å². The Morgan fingerprint density at radius 1 is 1.21 bits per heavy atom. The highest BCUT2D eigenvalue weighted by Crippen LogP contribution is 2.16. The zero-order valence-electron chi connectivity index (χ0n) is 17.1. The lowest BCUT2D eigenvalue weighted by molar-refractivity contribution is -0.121. The first-order valence-electron chi connectivity index (χ1n) is 10.0. The van der Waals surface area contributed by atoms with Crippen LogP contribution < -0.4 is 5.32 Å². The number of aliphatic hydroxyl groups is 1. The molecule has 2 unspecified atom stereocenters. The number of nitrogens with one attached hydrogen (secondary N) is 1. The van der Waals surface area contributed by atoms with Crippen LogP contribution in [0.3, 0.4) is 0 Å². The van der Waals surface area contributed by atoms with Gasteiger partial charge in [0.25, 0.3) is 0 Å². The Balaban J connectivity index is 2.52. The van der Waals surface area contributed by atoms with Crippen molar-refractivity contribution in [3.8, 4) is 0 Å². The minimum atomic E-state index is -0.0312. The molecule has 0 heterocycles. The Morgan fingerprint density at radius 3 is 2.61 bits per heavy atom. The third kappa shape index (κ3) is 11.0. The smallest absolute Gasteiger partial charge is 0.220 e. The van der Waals surface area contributed by atoms with Crippen LogP contribution in [0, 0.1) is 5.92 Å². The lowest BCUT2D eigenvalue weighted by Gasteiger charge is -2.24. The number of ether oxygens (including phenoxy) is 1. The van der Waals surface area contributed by atoms with Gasteiger partial charge in [0.15, 0.2) is 0 Å². The van der Waals surface area contributed by atoms with Gasteiger partial charge < -0.3 is 15.2 Å². The van der Waals surface area contributed by atoms with Gasteiger partial charge in [0.2, 0.25) is 5.91 Å². The van der Waals surface area contributed by atoms with Crippen LogP contribution in [0.15, 0.2) is 52.1 Å². The first kappa shape index (κ1) is 24.9. The van der Waals surface area contributed by atoms with Crippen molar-refractivity contribution >= 4 is 28.5 Å². The molecule has 0 aromatic heterocycles. The minimum absolute atomic E-state index is 0.0312. The number of rotatable bonds is 14. The number of hydrogen-bond donors (Lipinski definition) is 2. The molecule has 156 valence electrons. The molecule has 0 radical (unpaired) electrons. The highest BCUT2D eigenvalue weighted by Gasteiger charge is 2.19. The summed E-state index contributed by atoms with van der Waals surface area (Å²) in [5.74, 6) is 0.293. The topological polar surface area (TPSA) is 58.6 Å². The highest BCUT2D eigenvalue weighted by atomic mass is 127. The molecule has 28 heavy (non-hydrogen) atoms. The van der Waals surface area contributed by atoms with Crippen molar-refractivity contribution in [1.82, 2.24) is 5.32 Å². The second-order valence-corrected chi connectivity index (χ2v) is 7.78. The first-order valence-corrected chi connectivity index (χ1v) is 11.3. The summed E-state index contributed by atoms with van der Waals surface area (Å²) < 4.78 is 7.75. The van der Waals surface area contributed by atoms with Gasteiger partial charge in [-0.15, -0.1) is 0 Å². The Labute approximate surface area is 183 Å². The maximum Gasteiger partial charge on any atom is 0.220 e. The number of unbranched alkanes of at least 4 members (excludes halogenated alkanes) is 3. The second kappa shape index (κ2) is 15.7. The molecule has 4 nitrogen and oxygen atoms in total. The third-order valence-corrected chi connectivity index (χ3v) is 5.07. The minimum Gasteiger partial charge on any atom is -0.396 e. The molecular weight excluding hydrogens is 465 g/mol. The maximum atomic E-state index is 12.4. The van der Waals surface area contributed by atoms with E-state index in [4.69, 9.17) is 9.84 Å². The molecule has 0 fully saturated rings. The van der Waals surface area contributed by atoms with Crippen LogP contribution in [-0.2, 0) is 16.1 Å². The van der Waals surface area contributed by atoms with Crippen molar-refractivity contribution in [2.75, 3.05) is 13.2 Å². The largest absolute Gasteiger partial charge is 0.396 e. The summed E-state index contributed by atoms with van der Waals surface area (Å²) in [4.78, 5) is 12.4. The fourth-order valence-electron chi connectivity index (χ4n) is 2.95. The van der Waals surface area contributed by atoms with Gasteiger partial charge in [-0.2, -0.15) is 0 Å². The van der Waals surface area contributed by atoms with Gasteiger partial charge >= 0.3 is 0 Å². The van der Waals surface area contributed by atoms with E-state index in [2.05, 4.69) is 53.9 Å². The van der Waals surface area contributed by atoms with Crippen LogP contribution in [-0.4, -0.2) is 30.3 Å². The summed E-state index contributed by atoms with van der Waals surface area (Å²) in [6.45, 7) is 5.50. The van der Waals surface area contributed by atoms with E-state index in [1.165, 1.54) is 0 Å². The molecule has 2 atom stereocenters. The van der Waals surface area contributed by atoms with E-state index in [1.807, 2.05) is 34.4 Å². The van der Waals surface area contributed by atoms with Gasteiger partial charge in [-0.25, -0.2) is 0 Å². The van der Waals surface area contributed by atoms with Gasteiger partial charge in [-0.1, -0.05) is 90.4 Å². The monoisotopic (exact) mass is 499 g/mol. The molecule has 1 aromatic carbocycles. The SMILES string of the molecule is CC(=CCOCc1ccccc1)C(NC(=O)CCCCCCO)C(C)C=CI. The summed E-state index contributed by atoms with van der Waals surface area (Å²) in [6.07, 6.45) is 8.31. The van der Waals surface area contributed by atoms with E-state index in [1.54, 1.807) is 0 Å². The van der Waals surface area contributed by atoms with Crippen molar-refractivity contribution in [3.63, 3.8) is 0 Å². The standard InChI is InChI=1S/C23H34INO3/c1-19(13-15-24)23(25-22(27)12-8-3-4-9-16-26)20(2)14-17-28-18-21-10-6-5-7-11-21/h5-7,10-11,13-15,19,23,26H,3-4,8-9,12,16-18H2,1-2H3,(H,25,27). The van der Waals surface area contributed by atoms with Crippen LogP contribution >= 0.6 is 22.6 Å². The lowest BCUT2D eigenvalue weighted by Crippen LogP contribution is -2.39. The molecule has 0 aliphatic rings. The molecule has 1 rings (SSSR count). The van der Waals surface area contributed by atoms with Crippen molar-refractivity contribution in [1.29, 1.82) is 0 Å². The van der Waals surface area contributed by atoms with E-state index in [0.717, 1.165) is 36.8 Å². The number of hydrogen-bond acceptors (Lipinski definition) is 3. The van der Waals surface area contributed by atoms with Crippen LogP contribution in [0.1, 0.15) is 51.5 Å². The predicted molar refractivity (Wildman–Crippen MR) is 124 cm³/mol. The van der Waals surface area contributed by atoms with Crippen molar-refractivity contribution in [3.05, 3.63) is 57.7 Å². The molecule has 0 aliphatic carbocycles. The van der Waals surface area contributed by atoms with Crippen molar-refractivity contribution in [2.45, 2.75) is 58.6 Å². The fourth-order valence-corrected chi connectivity index (χ4v) is 3.61. The Kier molecular flexibility index (Phi) is 13.9. The molecule has 2 N–H and O–H groups in total. The first-order chi connectivity index (χ1) is 13.6. The summed E-state index contributed by atoms with van der Waals surface area (Å²) in [5.41, 5.74) is 2.27. The van der Waals surface area contributed by atoms with E-state index in [0.29, 0.717) is 19.6 Å². The molecule has 0 spiro atoms. The number of benzene rings is 1. The third-order valence-electron chi connectivity index (χ3n) is 4.66. The van der Waals surface area contributed by atoms with Gasteiger partial charge in [0.05, 0.1) is 19.3 Å². The maximum absolute atomic E-state index is 12.4. The van der Waals surface area contributed by atoms with Crippen LogP contribution in [0.2, 0.25) is 0 Å². The van der Waals surface area contributed by atoms with Crippen LogP contribution in [0.5, 0.6) is 0 Å². The van der Waals surface area contributed by atoms with Gasteiger partial charge in [-0.3, -0.25) is 4.79 Å². The van der Waals surface area contributed by atoms with E-state index in [9.17, 15) is 4.79 Å². The van der Waals surface area contributed by atoms with Crippen molar-refractivity contribution < 1.29 is 14.6 Å². The summed E-state index contributed by atoms with van der Waals surface area (Å²) in [5, 5.41) is 12.0. The molecule has 1 amide bonds. The second-order valence-electron chi connectivity index (χ2n) is 7.06. The zero-order valence-corrected chi connectivity index (χ0v) is 19.2. The average Bonchev–Trinajstić information content (AvgIpc) is 2.70.